The quantitative estimate of drug-likeness (QED) is 0.570. The summed E-state index contributed by atoms with van der Waals surface area (Å²) in [5.74, 6) is -0.478. The van der Waals surface area contributed by atoms with Crippen LogP contribution in [0, 0.1) is 5.82 Å². The summed E-state index contributed by atoms with van der Waals surface area (Å²) < 4.78 is 19.6. The van der Waals surface area contributed by atoms with Crippen molar-refractivity contribution in [3.8, 4) is 11.1 Å². The SMILES string of the molecule is NCc1ccc(-c2cc3c(cc2F)c(=O)c2c(=O)[nH]sc2n3C2CC2)cc1. The molecule has 7 heteroatoms. The molecule has 2 aromatic carbocycles. The third-order valence-electron chi connectivity index (χ3n) is 5.13. The predicted molar refractivity (Wildman–Crippen MR) is 106 cm³/mol. The minimum atomic E-state index is -0.478. The van der Waals surface area contributed by atoms with Gasteiger partial charge in [0.1, 0.15) is 16.0 Å². The van der Waals surface area contributed by atoms with Crippen LogP contribution in [0.25, 0.3) is 32.2 Å². The number of H-pyrrole nitrogens is 1. The second-order valence-corrected chi connectivity index (χ2v) is 7.69. The van der Waals surface area contributed by atoms with Crippen LogP contribution in [0.5, 0.6) is 0 Å². The topological polar surface area (TPSA) is 80.9 Å². The Morgan fingerprint density at radius 3 is 2.59 bits per heavy atom. The van der Waals surface area contributed by atoms with E-state index in [-0.39, 0.29) is 16.8 Å². The summed E-state index contributed by atoms with van der Waals surface area (Å²) in [5, 5.41) is 0.372. The van der Waals surface area contributed by atoms with Crippen LogP contribution >= 0.6 is 11.5 Å². The van der Waals surface area contributed by atoms with E-state index in [2.05, 4.69) is 4.37 Å². The normalized spacial score (nSPS) is 14.3. The zero-order valence-corrected chi connectivity index (χ0v) is 15.1. The lowest BCUT2D eigenvalue weighted by Crippen LogP contribution is -2.15. The predicted octanol–water partition coefficient (Wildman–Crippen LogP) is 3.50. The maximum absolute atomic E-state index is 14.9. The molecule has 4 aromatic rings. The molecule has 2 heterocycles. The highest BCUT2D eigenvalue weighted by molar-refractivity contribution is 7.12. The Morgan fingerprint density at radius 2 is 1.93 bits per heavy atom. The standard InChI is InChI=1S/C20H16FN3O2S/c21-15-7-14-16(8-13(15)11-3-1-10(9-22)2-4-11)24(12-5-6-12)20-17(18(14)25)19(26)23-27-20/h1-4,7-8,12H,5-6,9,22H2,(H,23,26). The molecular weight excluding hydrogens is 365 g/mol. The van der Waals surface area contributed by atoms with E-state index in [1.54, 1.807) is 6.07 Å². The van der Waals surface area contributed by atoms with Gasteiger partial charge in [0.2, 0.25) is 5.43 Å². The molecule has 0 saturated heterocycles. The first-order chi connectivity index (χ1) is 13.1. The first-order valence-electron chi connectivity index (χ1n) is 8.77. The van der Waals surface area contributed by atoms with Crippen LogP contribution in [0.15, 0.2) is 46.0 Å². The number of nitrogens with one attached hydrogen (secondary N) is 1. The van der Waals surface area contributed by atoms with Crippen molar-refractivity contribution in [2.75, 3.05) is 0 Å². The van der Waals surface area contributed by atoms with Crippen molar-refractivity contribution in [3.63, 3.8) is 0 Å². The van der Waals surface area contributed by atoms with Crippen LogP contribution in [-0.4, -0.2) is 8.94 Å². The molecule has 0 unspecified atom stereocenters. The molecule has 5 rings (SSSR count). The number of rotatable bonds is 3. The van der Waals surface area contributed by atoms with Gasteiger partial charge in [0.15, 0.2) is 0 Å². The fraction of sp³-hybridized carbons (Fsp3) is 0.200. The first kappa shape index (κ1) is 16.4. The van der Waals surface area contributed by atoms with Gasteiger partial charge in [0.25, 0.3) is 5.56 Å². The Kier molecular flexibility index (Phi) is 3.57. The number of nitrogens with two attached hydrogens (primary N) is 1. The molecule has 27 heavy (non-hydrogen) atoms. The van der Waals surface area contributed by atoms with Crippen LogP contribution < -0.4 is 16.7 Å². The van der Waals surface area contributed by atoms with Crippen molar-refractivity contribution in [2.45, 2.75) is 25.4 Å². The van der Waals surface area contributed by atoms with Crippen molar-refractivity contribution in [1.29, 1.82) is 0 Å². The molecule has 0 amide bonds. The maximum atomic E-state index is 14.9. The highest BCUT2D eigenvalue weighted by Gasteiger charge is 2.29. The van der Waals surface area contributed by atoms with Gasteiger partial charge in [-0.15, -0.1) is 0 Å². The molecule has 3 N–H and O–H groups in total. The molecule has 1 saturated carbocycles. The van der Waals surface area contributed by atoms with Crippen LogP contribution in [0.3, 0.4) is 0 Å². The highest BCUT2D eigenvalue weighted by Crippen LogP contribution is 2.40. The number of nitrogens with zero attached hydrogens (tertiary/aromatic N) is 1. The summed E-state index contributed by atoms with van der Waals surface area (Å²) in [6, 6.07) is 10.6. The molecule has 1 aliphatic rings. The largest absolute Gasteiger partial charge is 0.328 e. The Morgan fingerprint density at radius 1 is 1.19 bits per heavy atom. The van der Waals surface area contributed by atoms with Crippen molar-refractivity contribution >= 4 is 32.7 Å². The van der Waals surface area contributed by atoms with Gasteiger partial charge in [-0.2, -0.15) is 0 Å². The van der Waals surface area contributed by atoms with Crippen LogP contribution in [0.4, 0.5) is 4.39 Å². The third-order valence-corrected chi connectivity index (χ3v) is 6.01. The number of benzene rings is 2. The van der Waals surface area contributed by atoms with E-state index in [0.29, 0.717) is 22.5 Å². The lowest BCUT2D eigenvalue weighted by atomic mass is 10.0. The zero-order chi connectivity index (χ0) is 18.7. The van der Waals surface area contributed by atoms with Crippen molar-refractivity contribution in [1.82, 2.24) is 8.94 Å². The number of fused-ring (bicyclic) bond motifs is 2. The minimum Gasteiger partial charge on any atom is -0.328 e. The van der Waals surface area contributed by atoms with Gasteiger partial charge in [-0.05, 0) is 47.6 Å². The molecule has 1 fully saturated rings. The minimum absolute atomic E-state index is 0.124. The number of hydrogen-bond acceptors (Lipinski definition) is 4. The summed E-state index contributed by atoms with van der Waals surface area (Å²) in [5.41, 5.74) is 7.61. The van der Waals surface area contributed by atoms with Gasteiger partial charge >= 0.3 is 0 Å². The van der Waals surface area contributed by atoms with E-state index in [4.69, 9.17) is 5.73 Å². The van der Waals surface area contributed by atoms with E-state index >= 15 is 0 Å². The number of pyridine rings is 1. The van der Waals surface area contributed by atoms with Gasteiger partial charge in [-0.25, -0.2) is 4.39 Å². The Bertz CT molecular complexity index is 1310. The second kappa shape index (κ2) is 5.87. The summed E-state index contributed by atoms with van der Waals surface area (Å²) in [6.45, 7) is 0.423. The molecule has 0 radical (unpaired) electrons. The van der Waals surface area contributed by atoms with Crippen molar-refractivity contribution < 1.29 is 4.39 Å². The second-order valence-electron chi connectivity index (χ2n) is 6.89. The van der Waals surface area contributed by atoms with Crippen LogP contribution in [0.1, 0.15) is 24.4 Å². The fourth-order valence-corrected chi connectivity index (χ4v) is 4.51. The number of halogens is 1. The average Bonchev–Trinajstić information content (AvgIpc) is 3.44. The van der Waals surface area contributed by atoms with E-state index in [0.717, 1.165) is 24.0 Å². The highest BCUT2D eigenvalue weighted by atomic mass is 32.1. The van der Waals surface area contributed by atoms with Crippen LogP contribution in [-0.2, 0) is 6.54 Å². The third kappa shape index (κ3) is 2.46. The van der Waals surface area contributed by atoms with E-state index in [1.165, 1.54) is 17.6 Å². The lowest BCUT2D eigenvalue weighted by molar-refractivity contribution is 0.632. The van der Waals surface area contributed by atoms with Gasteiger partial charge in [0.05, 0.1) is 5.52 Å². The van der Waals surface area contributed by atoms with E-state index in [9.17, 15) is 14.0 Å². The molecule has 1 aliphatic carbocycles. The smallest absolute Gasteiger partial charge is 0.271 e. The van der Waals surface area contributed by atoms with Gasteiger partial charge in [0, 0.05) is 23.5 Å². The first-order valence-corrected chi connectivity index (χ1v) is 9.58. The van der Waals surface area contributed by atoms with E-state index < -0.39 is 16.8 Å². The molecule has 2 aromatic heterocycles. The summed E-state index contributed by atoms with van der Waals surface area (Å²) in [6.07, 6.45) is 1.97. The number of aromatic nitrogens is 2. The summed E-state index contributed by atoms with van der Waals surface area (Å²) in [7, 11) is 0. The fourth-order valence-electron chi connectivity index (χ4n) is 3.59. The number of hydrogen-bond donors (Lipinski definition) is 2. The maximum Gasteiger partial charge on any atom is 0.271 e. The summed E-state index contributed by atoms with van der Waals surface area (Å²) >= 11 is 1.17. The Labute approximate surface area is 157 Å². The number of aromatic amines is 1. The molecule has 0 atom stereocenters. The molecule has 5 nitrogen and oxygen atoms in total. The molecular formula is C20H16FN3O2S. The summed E-state index contributed by atoms with van der Waals surface area (Å²) in [4.78, 5) is 25.6. The average molecular weight is 381 g/mol. The Hall–Kier alpha value is -2.77. The van der Waals surface area contributed by atoms with Gasteiger partial charge < -0.3 is 10.3 Å². The zero-order valence-electron chi connectivity index (χ0n) is 14.3. The molecule has 0 bridgehead atoms. The Balaban J connectivity index is 1.86. The van der Waals surface area contributed by atoms with Crippen LogP contribution in [0.2, 0.25) is 0 Å². The van der Waals surface area contributed by atoms with Crippen molar-refractivity contribution in [3.05, 3.63) is 68.4 Å². The molecule has 0 spiro atoms. The van der Waals surface area contributed by atoms with Gasteiger partial charge in [-0.1, -0.05) is 24.3 Å². The molecule has 136 valence electrons. The monoisotopic (exact) mass is 381 g/mol. The van der Waals surface area contributed by atoms with E-state index in [1.807, 2.05) is 28.8 Å². The lowest BCUT2D eigenvalue weighted by Gasteiger charge is -2.13. The molecule has 0 aliphatic heterocycles. The van der Waals surface area contributed by atoms with Crippen molar-refractivity contribution in [2.24, 2.45) is 5.73 Å². The van der Waals surface area contributed by atoms with Gasteiger partial charge in [-0.3, -0.25) is 14.0 Å².